The Bertz CT molecular complexity index is 536. The highest BCUT2D eigenvalue weighted by Crippen LogP contribution is 2.31. The summed E-state index contributed by atoms with van der Waals surface area (Å²) in [6.45, 7) is 10.3. The molecule has 1 heterocycles. The largest absolute Gasteiger partial charge is 0.495 e. The standard InChI is InChI=1S/C18H28N4O.HI/c1-4-11-20-18(19-5-2)21-13-15-10-12-22(14-15)16-8-6-7-9-17(16)23-3;/h4,6-9,15H,1,5,10-14H2,2-3H3,(H2,19,20,21);1H. The second-order valence-electron chi connectivity index (χ2n) is 5.66. The summed E-state index contributed by atoms with van der Waals surface area (Å²) in [6.07, 6.45) is 2.99. The first kappa shape index (κ1) is 20.6. The number of benzene rings is 1. The SMILES string of the molecule is C=CCNC(=NCC1CCN(c2ccccc2OC)C1)NCC.I. The Kier molecular flexibility index (Phi) is 9.59. The molecule has 0 radical (unpaired) electrons. The van der Waals surface area contributed by atoms with E-state index < -0.39 is 0 Å². The molecule has 2 N–H and O–H groups in total. The Labute approximate surface area is 162 Å². The number of halogens is 1. The van der Waals surface area contributed by atoms with Gasteiger partial charge >= 0.3 is 0 Å². The Morgan fingerprint density at radius 1 is 1.42 bits per heavy atom. The molecule has 1 aliphatic heterocycles. The van der Waals surface area contributed by atoms with Gasteiger partial charge in [0.2, 0.25) is 0 Å². The fourth-order valence-corrected chi connectivity index (χ4v) is 2.82. The lowest BCUT2D eigenvalue weighted by molar-refractivity contribution is 0.414. The van der Waals surface area contributed by atoms with Gasteiger partial charge in [0.05, 0.1) is 12.8 Å². The van der Waals surface area contributed by atoms with Gasteiger partial charge in [-0.1, -0.05) is 18.2 Å². The number of rotatable bonds is 7. The van der Waals surface area contributed by atoms with Crippen LogP contribution in [-0.4, -0.2) is 45.8 Å². The lowest BCUT2D eigenvalue weighted by atomic mass is 10.1. The van der Waals surface area contributed by atoms with E-state index in [2.05, 4.69) is 41.2 Å². The summed E-state index contributed by atoms with van der Waals surface area (Å²) >= 11 is 0. The van der Waals surface area contributed by atoms with E-state index >= 15 is 0 Å². The van der Waals surface area contributed by atoms with Gasteiger partial charge < -0.3 is 20.3 Å². The molecule has 0 aliphatic carbocycles. The van der Waals surface area contributed by atoms with Gasteiger partial charge in [-0.3, -0.25) is 4.99 Å². The van der Waals surface area contributed by atoms with Crippen LogP contribution in [0.3, 0.4) is 0 Å². The second kappa shape index (κ2) is 11.2. The van der Waals surface area contributed by atoms with E-state index in [1.54, 1.807) is 7.11 Å². The average Bonchev–Trinajstić information content (AvgIpc) is 3.06. The molecule has 1 unspecified atom stereocenters. The highest BCUT2D eigenvalue weighted by Gasteiger charge is 2.24. The van der Waals surface area contributed by atoms with Crippen molar-refractivity contribution in [1.82, 2.24) is 10.6 Å². The molecule has 1 fully saturated rings. The zero-order valence-electron chi connectivity index (χ0n) is 14.6. The molecule has 1 aromatic carbocycles. The van der Waals surface area contributed by atoms with Crippen LogP contribution in [0.25, 0.3) is 0 Å². The maximum atomic E-state index is 5.47. The third-order valence-corrected chi connectivity index (χ3v) is 3.98. The molecule has 1 atom stereocenters. The fourth-order valence-electron chi connectivity index (χ4n) is 2.82. The van der Waals surface area contributed by atoms with E-state index in [0.717, 1.165) is 50.9 Å². The van der Waals surface area contributed by atoms with E-state index in [-0.39, 0.29) is 24.0 Å². The maximum absolute atomic E-state index is 5.47. The van der Waals surface area contributed by atoms with Gasteiger partial charge in [0.15, 0.2) is 5.96 Å². The Balaban J connectivity index is 0.00000288. The van der Waals surface area contributed by atoms with Gasteiger partial charge in [-0.05, 0) is 31.4 Å². The molecule has 2 rings (SSSR count). The summed E-state index contributed by atoms with van der Waals surface area (Å²) in [4.78, 5) is 7.08. The van der Waals surface area contributed by atoms with Gasteiger partial charge in [0.25, 0.3) is 0 Å². The Hall–Kier alpha value is -1.44. The zero-order chi connectivity index (χ0) is 16.5. The summed E-state index contributed by atoms with van der Waals surface area (Å²) in [6, 6.07) is 8.21. The van der Waals surface area contributed by atoms with Gasteiger partial charge in [-0.2, -0.15) is 0 Å². The molecule has 0 bridgehead atoms. The van der Waals surface area contributed by atoms with Crippen LogP contribution < -0.4 is 20.3 Å². The summed E-state index contributed by atoms with van der Waals surface area (Å²) in [5.41, 5.74) is 1.18. The van der Waals surface area contributed by atoms with Crippen molar-refractivity contribution in [2.45, 2.75) is 13.3 Å². The first-order chi connectivity index (χ1) is 11.3. The number of hydrogen-bond acceptors (Lipinski definition) is 3. The van der Waals surface area contributed by atoms with Gasteiger partial charge in [-0.25, -0.2) is 0 Å². The van der Waals surface area contributed by atoms with Crippen LogP contribution in [0.5, 0.6) is 5.75 Å². The summed E-state index contributed by atoms with van der Waals surface area (Å²) in [5, 5.41) is 6.50. The molecule has 5 nitrogen and oxygen atoms in total. The fraction of sp³-hybridized carbons (Fsp3) is 0.500. The minimum Gasteiger partial charge on any atom is -0.495 e. The molecule has 24 heavy (non-hydrogen) atoms. The van der Waals surface area contributed by atoms with Crippen molar-refractivity contribution in [1.29, 1.82) is 0 Å². The van der Waals surface area contributed by atoms with Crippen molar-refractivity contribution in [2.75, 3.05) is 44.7 Å². The number of anilines is 1. The molecule has 134 valence electrons. The van der Waals surface area contributed by atoms with Crippen molar-refractivity contribution >= 4 is 35.6 Å². The minimum atomic E-state index is 0. The Morgan fingerprint density at radius 2 is 2.21 bits per heavy atom. The van der Waals surface area contributed by atoms with Crippen LogP contribution in [0.15, 0.2) is 41.9 Å². The summed E-state index contributed by atoms with van der Waals surface area (Å²) in [5.74, 6) is 2.37. The number of para-hydroxylation sites is 2. The van der Waals surface area contributed by atoms with E-state index in [4.69, 9.17) is 9.73 Å². The van der Waals surface area contributed by atoms with Crippen molar-refractivity contribution in [3.05, 3.63) is 36.9 Å². The van der Waals surface area contributed by atoms with Crippen LogP contribution in [0.1, 0.15) is 13.3 Å². The topological polar surface area (TPSA) is 48.9 Å². The number of nitrogens with zero attached hydrogens (tertiary/aromatic N) is 2. The smallest absolute Gasteiger partial charge is 0.191 e. The van der Waals surface area contributed by atoms with Crippen LogP contribution in [0.2, 0.25) is 0 Å². The van der Waals surface area contributed by atoms with Crippen molar-refractivity contribution in [3.63, 3.8) is 0 Å². The van der Waals surface area contributed by atoms with Gasteiger partial charge in [0.1, 0.15) is 5.75 Å². The lowest BCUT2D eigenvalue weighted by Gasteiger charge is -2.21. The molecule has 6 heteroatoms. The van der Waals surface area contributed by atoms with E-state index in [0.29, 0.717) is 5.92 Å². The molecular weight excluding hydrogens is 415 g/mol. The van der Waals surface area contributed by atoms with E-state index in [1.807, 2.05) is 18.2 Å². The highest BCUT2D eigenvalue weighted by atomic mass is 127. The van der Waals surface area contributed by atoms with Crippen LogP contribution in [0, 0.1) is 5.92 Å². The molecular formula is C18H29IN4O. The molecule has 1 aliphatic rings. The minimum absolute atomic E-state index is 0. The second-order valence-corrected chi connectivity index (χ2v) is 5.66. The molecule has 1 saturated heterocycles. The quantitative estimate of drug-likeness (QED) is 0.294. The average molecular weight is 444 g/mol. The van der Waals surface area contributed by atoms with Crippen LogP contribution >= 0.6 is 24.0 Å². The molecule has 1 aromatic rings. The normalized spacial score (nSPS) is 17.2. The third kappa shape index (κ3) is 5.89. The molecule has 0 saturated carbocycles. The van der Waals surface area contributed by atoms with Crippen LogP contribution in [0.4, 0.5) is 5.69 Å². The monoisotopic (exact) mass is 444 g/mol. The zero-order valence-corrected chi connectivity index (χ0v) is 17.0. The summed E-state index contributed by atoms with van der Waals surface area (Å²) < 4.78 is 5.47. The third-order valence-electron chi connectivity index (χ3n) is 3.98. The molecule has 0 spiro atoms. The molecule has 0 amide bonds. The number of ether oxygens (including phenoxy) is 1. The first-order valence-electron chi connectivity index (χ1n) is 8.29. The van der Waals surface area contributed by atoms with Crippen molar-refractivity contribution < 1.29 is 4.74 Å². The lowest BCUT2D eigenvalue weighted by Crippen LogP contribution is -2.37. The predicted octanol–water partition coefficient (Wildman–Crippen LogP) is 2.88. The van der Waals surface area contributed by atoms with Gasteiger partial charge in [0, 0.05) is 32.7 Å². The van der Waals surface area contributed by atoms with Crippen LogP contribution in [-0.2, 0) is 0 Å². The summed E-state index contributed by atoms with van der Waals surface area (Å²) in [7, 11) is 1.73. The number of methoxy groups -OCH3 is 1. The van der Waals surface area contributed by atoms with Crippen molar-refractivity contribution in [2.24, 2.45) is 10.9 Å². The number of nitrogens with one attached hydrogen (secondary N) is 2. The highest BCUT2D eigenvalue weighted by molar-refractivity contribution is 14.0. The van der Waals surface area contributed by atoms with Crippen molar-refractivity contribution in [3.8, 4) is 5.75 Å². The molecule has 0 aromatic heterocycles. The first-order valence-corrected chi connectivity index (χ1v) is 8.29. The Morgan fingerprint density at radius 3 is 2.92 bits per heavy atom. The number of aliphatic imine (C=N–C) groups is 1. The van der Waals surface area contributed by atoms with E-state index in [9.17, 15) is 0 Å². The maximum Gasteiger partial charge on any atom is 0.191 e. The number of guanidine groups is 1. The number of hydrogen-bond donors (Lipinski definition) is 2. The predicted molar refractivity (Wildman–Crippen MR) is 113 cm³/mol. The van der Waals surface area contributed by atoms with Gasteiger partial charge in [-0.15, -0.1) is 30.6 Å². The van der Waals surface area contributed by atoms with E-state index in [1.165, 1.54) is 5.69 Å².